The molecule has 0 spiro atoms. The number of ether oxygens (including phenoxy) is 4. The average molecular weight is 634 g/mol. The van der Waals surface area contributed by atoms with Crippen LogP contribution in [-0.2, 0) is 12.8 Å². The first-order valence-corrected chi connectivity index (χ1v) is 17.9. The van der Waals surface area contributed by atoms with Crippen LogP contribution in [0, 0.1) is 11.8 Å². The third-order valence-corrected chi connectivity index (χ3v) is 11.0. The van der Waals surface area contributed by atoms with Crippen LogP contribution in [0.5, 0.6) is 23.0 Å². The predicted molar refractivity (Wildman–Crippen MR) is 187 cm³/mol. The highest BCUT2D eigenvalue weighted by Gasteiger charge is 2.41. The molecule has 0 radical (unpaired) electrons. The molecule has 0 saturated carbocycles. The summed E-state index contributed by atoms with van der Waals surface area (Å²) in [5, 5.41) is 3.74. The largest absolute Gasteiger partial charge is 0.493 e. The van der Waals surface area contributed by atoms with Crippen molar-refractivity contribution in [2.45, 2.75) is 96.6 Å². The fourth-order valence-electron chi connectivity index (χ4n) is 8.39. The predicted octanol–water partition coefficient (Wildman–Crippen LogP) is 8.08. The Morgan fingerprint density at radius 2 is 1.35 bits per heavy atom. The summed E-state index contributed by atoms with van der Waals surface area (Å²) < 4.78 is 23.0. The van der Waals surface area contributed by atoms with Gasteiger partial charge in [0.15, 0.2) is 23.0 Å². The Bertz CT molecular complexity index is 1310. The molecule has 7 heteroatoms. The number of rotatable bonds is 16. The minimum absolute atomic E-state index is 0.229. The summed E-state index contributed by atoms with van der Waals surface area (Å²) in [7, 11) is 6.95. The highest BCUT2D eigenvalue weighted by atomic mass is 16.5. The maximum absolute atomic E-state index is 5.84. The molecule has 1 saturated heterocycles. The van der Waals surface area contributed by atoms with E-state index < -0.39 is 0 Å². The van der Waals surface area contributed by atoms with E-state index >= 15 is 0 Å². The molecule has 0 amide bonds. The third kappa shape index (κ3) is 7.40. The summed E-state index contributed by atoms with van der Waals surface area (Å²) in [4.78, 5) is 5.30. The van der Waals surface area contributed by atoms with Gasteiger partial charge >= 0.3 is 0 Å². The average Bonchev–Trinajstić information content (AvgIpc) is 3.09. The molecule has 2 aromatic carbocycles. The lowest BCUT2D eigenvalue weighted by atomic mass is 9.72. The minimum atomic E-state index is 0.229. The lowest BCUT2D eigenvalue weighted by Gasteiger charge is -2.49. The zero-order valence-electron chi connectivity index (χ0n) is 29.5. The van der Waals surface area contributed by atoms with Crippen LogP contribution in [0.3, 0.4) is 0 Å². The zero-order chi connectivity index (χ0) is 32.6. The van der Waals surface area contributed by atoms with E-state index in [1.807, 2.05) is 0 Å². The molecule has 1 fully saturated rings. The Balaban J connectivity index is 1.41. The first kappa shape index (κ1) is 34.3. The van der Waals surface area contributed by atoms with Crippen LogP contribution in [0.1, 0.15) is 106 Å². The number of nitrogens with zero attached hydrogens (tertiary/aromatic N) is 2. The molecule has 46 heavy (non-hydrogen) atoms. The molecule has 0 aliphatic carbocycles. The number of methoxy groups -OCH3 is 4. The molecule has 254 valence electrons. The molecule has 3 aliphatic heterocycles. The monoisotopic (exact) mass is 633 g/mol. The normalized spacial score (nSPS) is 22.3. The first-order valence-electron chi connectivity index (χ1n) is 17.9. The Hall–Kier alpha value is -3.06. The molecule has 4 unspecified atom stereocenters. The second kappa shape index (κ2) is 16.2. The summed E-state index contributed by atoms with van der Waals surface area (Å²) in [6, 6.07) is 9.54. The van der Waals surface area contributed by atoms with Crippen LogP contribution >= 0.6 is 0 Å². The summed E-state index contributed by atoms with van der Waals surface area (Å²) >= 11 is 0. The first-order chi connectivity index (χ1) is 22.5. The minimum Gasteiger partial charge on any atom is -0.493 e. The van der Waals surface area contributed by atoms with Crippen molar-refractivity contribution in [3.05, 3.63) is 58.9 Å². The quantitative estimate of drug-likeness (QED) is 0.188. The summed E-state index contributed by atoms with van der Waals surface area (Å²) in [5.41, 5.74) is 5.55. The van der Waals surface area contributed by atoms with Gasteiger partial charge in [0.2, 0.25) is 0 Å². The van der Waals surface area contributed by atoms with Gasteiger partial charge in [-0.25, -0.2) is 0 Å². The summed E-state index contributed by atoms with van der Waals surface area (Å²) in [6.45, 7) is 13.4. The fourth-order valence-corrected chi connectivity index (χ4v) is 8.39. The topological polar surface area (TPSA) is 55.4 Å². The summed E-state index contributed by atoms with van der Waals surface area (Å²) in [6.07, 6.45) is 13.2. The number of benzene rings is 2. The second-order valence-electron chi connectivity index (χ2n) is 13.6. The van der Waals surface area contributed by atoms with Crippen molar-refractivity contribution in [1.29, 1.82) is 0 Å². The van der Waals surface area contributed by atoms with Gasteiger partial charge in [-0.1, -0.05) is 59.0 Å². The van der Waals surface area contributed by atoms with E-state index in [0.717, 1.165) is 80.7 Å². The third-order valence-electron chi connectivity index (χ3n) is 11.0. The standard InChI is InChI=1S/C39H59N3O4/c1-8-10-11-12-13-14-17-40-27(3)42-19-16-30-23-37(44-5)39(46-7)25-33(30)35(42)21-31-20-34-32-24-38(45-6)36(43-4)22-29(32)15-18-41(34)26-28(31)9-2/h22-25,28,31,34-35,40H,3,8-21,26H2,1-2,4-7H3. The molecule has 1 N–H and O–H groups in total. The summed E-state index contributed by atoms with van der Waals surface area (Å²) in [5.74, 6) is 5.57. The molecule has 3 aliphatic rings. The molecule has 5 rings (SSSR count). The molecule has 7 nitrogen and oxygen atoms in total. The van der Waals surface area contributed by atoms with Crippen molar-refractivity contribution in [2.24, 2.45) is 11.8 Å². The van der Waals surface area contributed by atoms with E-state index in [1.54, 1.807) is 28.4 Å². The number of piperidine rings is 1. The van der Waals surface area contributed by atoms with E-state index in [0.29, 0.717) is 17.9 Å². The second-order valence-corrected chi connectivity index (χ2v) is 13.6. The van der Waals surface area contributed by atoms with Crippen LogP contribution in [0.15, 0.2) is 36.7 Å². The molecule has 2 aromatic rings. The Kier molecular flexibility index (Phi) is 12.0. The van der Waals surface area contributed by atoms with Crippen molar-refractivity contribution < 1.29 is 18.9 Å². The van der Waals surface area contributed by atoms with Gasteiger partial charge in [-0.2, -0.15) is 0 Å². The van der Waals surface area contributed by atoms with E-state index in [-0.39, 0.29) is 6.04 Å². The van der Waals surface area contributed by atoms with Gasteiger partial charge in [-0.3, -0.25) is 4.90 Å². The van der Waals surface area contributed by atoms with Gasteiger partial charge in [-0.15, -0.1) is 0 Å². The van der Waals surface area contributed by atoms with Gasteiger partial charge in [0.1, 0.15) is 0 Å². The number of hydrogen-bond acceptors (Lipinski definition) is 7. The lowest BCUT2D eigenvalue weighted by Crippen LogP contribution is -2.47. The van der Waals surface area contributed by atoms with Crippen LogP contribution in [0.2, 0.25) is 0 Å². The Labute approximate surface area is 278 Å². The highest BCUT2D eigenvalue weighted by molar-refractivity contribution is 5.51. The maximum atomic E-state index is 5.84. The van der Waals surface area contributed by atoms with Crippen LogP contribution < -0.4 is 24.3 Å². The van der Waals surface area contributed by atoms with Crippen LogP contribution in [-0.4, -0.2) is 64.4 Å². The van der Waals surface area contributed by atoms with E-state index in [4.69, 9.17) is 18.9 Å². The van der Waals surface area contributed by atoms with Crippen molar-refractivity contribution in [3.8, 4) is 23.0 Å². The van der Waals surface area contributed by atoms with Crippen molar-refractivity contribution in [1.82, 2.24) is 15.1 Å². The van der Waals surface area contributed by atoms with Gasteiger partial charge in [-0.05, 0) is 90.5 Å². The van der Waals surface area contributed by atoms with E-state index in [1.165, 1.54) is 67.2 Å². The van der Waals surface area contributed by atoms with Gasteiger partial charge in [0.25, 0.3) is 0 Å². The maximum Gasteiger partial charge on any atom is 0.161 e. The van der Waals surface area contributed by atoms with Crippen molar-refractivity contribution >= 4 is 0 Å². The van der Waals surface area contributed by atoms with E-state index in [9.17, 15) is 0 Å². The van der Waals surface area contributed by atoms with Crippen LogP contribution in [0.4, 0.5) is 0 Å². The van der Waals surface area contributed by atoms with Gasteiger partial charge in [0.05, 0.1) is 40.3 Å². The zero-order valence-corrected chi connectivity index (χ0v) is 29.5. The molecule has 0 aromatic heterocycles. The molecular weight excluding hydrogens is 574 g/mol. The van der Waals surface area contributed by atoms with Gasteiger partial charge in [0, 0.05) is 32.2 Å². The number of unbranched alkanes of at least 4 members (excludes halogenated alkanes) is 5. The molecule has 0 bridgehead atoms. The fraction of sp³-hybridized carbons (Fsp3) is 0.641. The lowest BCUT2D eigenvalue weighted by molar-refractivity contribution is 0.0341. The molecule has 3 heterocycles. The van der Waals surface area contributed by atoms with E-state index in [2.05, 4.69) is 59.8 Å². The number of fused-ring (bicyclic) bond motifs is 4. The Morgan fingerprint density at radius 1 is 0.761 bits per heavy atom. The van der Waals surface area contributed by atoms with Crippen LogP contribution in [0.25, 0.3) is 0 Å². The molecule has 4 atom stereocenters. The van der Waals surface area contributed by atoms with Crippen molar-refractivity contribution in [3.63, 3.8) is 0 Å². The van der Waals surface area contributed by atoms with Gasteiger partial charge < -0.3 is 29.2 Å². The number of hydrogen-bond donors (Lipinski definition) is 1. The number of nitrogens with one attached hydrogen (secondary N) is 1. The smallest absolute Gasteiger partial charge is 0.161 e. The SMILES string of the molecule is C=C(NCCCCCCCC)N1CCc2cc(OC)c(OC)cc2C1CC1CC2c3cc(OC)c(OC)cc3CCN2CC1CC. The highest BCUT2D eigenvalue weighted by Crippen LogP contribution is 2.49. The van der Waals surface area contributed by atoms with Crippen molar-refractivity contribution in [2.75, 3.05) is 54.6 Å². The molecular formula is C39H59N3O4. The Morgan fingerprint density at radius 3 is 2.00 bits per heavy atom.